The maximum absolute atomic E-state index is 12.8. The molecule has 1 aromatic heterocycles. The van der Waals surface area contributed by atoms with Crippen molar-refractivity contribution in [3.05, 3.63) is 42.5 Å². The molecule has 0 unspecified atom stereocenters. The van der Waals surface area contributed by atoms with Gasteiger partial charge in [0.15, 0.2) is 0 Å². The van der Waals surface area contributed by atoms with Crippen LogP contribution in [0.2, 0.25) is 0 Å². The summed E-state index contributed by atoms with van der Waals surface area (Å²) in [6.45, 7) is 2.62. The molecule has 2 aliphatic rings. The van der Waals surface area contributed by atoms with Crippen molar-refractivity contribution in [2.75, 3.05) is 13.1 Å². The summed E-state index contributed by atoms with van der Waals surface area (Å²) in [7, 11) is 0. The van der Waals surface area contributed by atoms with Gasteiger partial charge >= 0.3 is 0 Å². The zero-order chi connectivity index (χ0) is 20.1. The van der Waals surface area contributed by atoms with Crippen molar-refractivity contribution in [3.63, 3.8) is 0 Å². The number of piperidine rings is 1. The summed E-state index contributed by atoms with van der Waals surface area (Å²) in [5.74, 6) is 1.24. The summed E-state index contributed by atoms with van der Waals surface area (Å²) < 4.78 is 2.00. The largest absolute Gasteiger partial charge is 0.508 e. The fraction of sp³-hybridized carbons (Fsp3) is 0.609. The first-order chi connectivity index (χ1) is 14.1. The molecule has 6 heteroatoms. The van der Waals surface area contributed by atoms with Gasteiger partial charge in [0, 0.05) is 26.1 Å². The Morgan fingerprint density at radius 2 is 1.83 bits per heavy atom. The second-order valence-corrected chi connectivity index (χ2v) is 8.84. The Morgan fingerprint density at radius 1 is 1.10 bits per heavy atom. The summed E-state index contributed by atoms with van der Waals surface area (Å²) in [5.41, 5.74) is 1.33. The van der Waals surface area contributed by atoms with E-state index in [0.29, 0.717) is 6.42 Å². The Morgan fingerprint density at radius 3 is 2.48 bits per heavy atom. The van der Waals surface area contributed by atoms with Gasteiger partial charge in [0.25, 0.3) is 0 Å². The van der Waals surface area contributed by atoms with Crippen LogP contribution in [0.15, 0.2) is 36.9 Å². The molecule has 156 valence electrons. The molecule has 0 radical (unpaired) electrons. The average Bonchev–Trinajstić information content (AvgIpc) is 3.27. The van der Waals surface area contributed by atoms with Crippen LogP contribution >= 0.6 is 0 Å². The second kappa shape index (κ2) is 8.97. The predicted octanol–water partition coefficient (Wildman–Crippen LogP) is 3.81. The highest BCUT2D eigenvalue weighted by molar-refractivity contribution is 5.76. The third kappa shape index (κ3) is 4.80. The highest BCUT2D eigenvalue weighted by Crippen LogP contribution is 2.47. The molecular formula is C23H32N4O2. The van der Waals surface area contributed by atoms with Crippen molar-refractivity contribution < 1.29 is 9.90 Å². The SMILES string of the molecule is O=C(CCc1ccc(O)cc1)N1CCC(Cn2cncn2)(C2CCCCC2)CC1. The number of hydrogen-bond acceptors (Lipinski definition) is 4. The number of aromatic hydroxyl groups is 1. The molecule has 29 heavy (non-hydrogen) atoms. The molecule has 2 fully saturated rings. The van der Waals surface area contributed by atoms with Crippen LogP contribution in [0.3, 0.4) is 0 Å². The molecule has 0 spiro atoms. The minimum atomic E-state index is 0.238. The van der Waals surface area contributed by atoms with Crippen LogP contribution in [0.5, 0.6) is 5.75 Å². The van der Waals surface area contributed by atoms with Crippen LogP contribution in [-0.2, 0) is 17.8 Å². The van der Waals surface area contributed by atoms with Gasteiger partial charge in [0.1, 0.15) is 18.4 Å². The summed E-state index contributed by atoms with van der Waals surface area (Å²) in [6.07, 6.45) is 13.5. The molecule has 2 heterocycles. The lowest BCUT2D eigenvalue weighted by atomic mass is 9.63. The summed E-state index contributed by atoms with van der Waals surface area (Å²) in [5, 5.41) is 13.8. The van der Waals surface area contributed by atoms with Gasteiger partial charge in [0.2, 0.25) is 5.91 Å². The molecule has 0 atom stereocenters. The summed E-state index contributed by atoms with van der Waals surface area (Å²) >= 11 is 0. The summed E-state index contributed by atoms with van der Waals surface area (Å²) in [6, 6.07) is 7.16. The topological polar surface area (TPSA) is 71.2 Å². The first-order valence-electron chi connectivity index (χ1n) is 11.0. The number of benzene rings is 1. The van der Waals surface area contributed by atoms with Crippen LogP contribution in [-0.4, -0.2) is 43.8 Å². The molecule has 1 amide bonds. The third-order valence-corrected chi connectivity index (χ3v) is 7.09. The van der Waals surface area contributed by atoms with E-state index in [-0.39, 0.29) is 17.1 Å². The smallest absolute Gasteiger partial charge is 0.222 e. The molecule has 2 aromatic rings. The van der Waals surface area contributed by atoms with E-state index in [0.717, 1.165) is 50.4 Å². The maximum atomic E-state index is 12.8. The quantitative estimate of drug-likeness (QED) is 0.806. The first kappa shape index (κ1) is 19.9. The van der Waals surface area contributed by atoms with E-state index in [1.165, 1.54) is 32.1 Å². The number of phenols is 1. The number of nitrogens with zero attached hydrogens (tertiary/aromatic N) is 4. The number of carbonyl (C=O) groups excluding carboxylic acids is 1. The zero-order valence-corrected chi connectivity index (χ0v) is 17.2. The molecule has 1 N–H and O–H groups in total. The highest BCUT2D eigenvalue weighted by atomic mass is 16.3. The minimum absolute atomic E-state index is 0.238. The van der Waals surface area contributed by atoms with Gasteiger partial charge in [-0.05, 0) is 61.1 Å². The van der Waals surface area contributed by atoms with E-state index in [1.54, 1.807) is 18.5 Å². The van der Waals surface area contributed by atoms with Crippen molar-refractivity contribution in [1.82, 2.24) is 19.7 Å². The number of rotatable bonds is 6. The monoisotopic (exact) mass is 396 g/mol. The van der Waals surface area contributed by atoms with Crippen molar-refractivity contribution in [1.29, 1.82) is 0 Å². The van der Waals surface area contributed by atoms with Gasteiger partial charge in [-0.1, -0.05) is 31.4 Å². The van der Waals surface area contributed by atoms with Crippen LogP contribution in [0.4, 0.5) is 0 Å². The van der Waals surface area contributed by atoms with Gasteiger partial charge < -0.3 is 10.0 Å². The van der Waals surface area contributed by atoms with Gasteiger partial charge in [-0.25, -0.2) is 4.98 Å². The maximum Gasteiger partial charge on any atom is 0.222 e. The Balaban J connectivity index is 1.36. The van der Waals surface area contributed by atoms with Gasteiger partial charge in [0.05, 0.1) is 0 Å². The van der Waals surface area contributed by atoms with E-state index in [1.807, 2.05) is 23.1 Å². The number of aryl methyl sites for hydroxylation is 1. The molecule has 1 aliphatic carbocycles. The number of hydrogen-bond donors (Lipinski definition) is 1. The summed E-state index contributed by atoms with van der Waals surface area (Å²) in [4.78, 5) is 19.0. The second-order valence-electron chi connectivity index (χ2n) is 8.84. The molecule has 4 rings (SSSR count). The lowest BCUT2D eigenvalue weighted by Gasteiger charge is -2.48. The Hall–Kier alpha value is -2.37. The Kier molecular flexibility index (Phi) is 6.16. The van der Waals surface area contributed by atoms with Crippen LogP contribution in [0.25, 0.3) is 0 Å². The van der Waals surface area contributed by atoms with E-state index in [2.05, 4.69) is 15.0 Å². The zero-order valence-electron chi connectivity index (χ0n) is 17.2. The normalized spacial score (nSPS) is 19.9. The van der Waals surface area contributed by atoms with Crippen LogP contribution < -0.4 is 0 Å². The molecule has 1 saturated heterocycles. The molecule has 1 saturated carbocycles. The van der Waals surface area contributed by atoms with Crippen LogP contribution in [0.1, 0.15) is 56.9 Å². The number of amides is 1. The number of likely N-dealkylation sites (tertiary alicyclic amines) is 1. The molecule has 1 aliphatic heterocycles. The lowest BCUT2D eigenvalue weighted by Crippen LogP contribution is -2.48. The van der Waals surface area contributed by atoms with E-state index < -0.39 is 0 Å². The average molecular weight is 397 g/mol. The van der Waals surface area contributed by atoms with Gasteiger partial charge in [-0.2, -0.15) is 5.10 Å². The Labute approximate surface area is 172 Å². The van der Waals surface area contributed by atoms with E-state index in [4.69, 9.17) is 0 Å². The molecular weight excluding hydrogens is 364 g/mol. The standard InChI is InChI=1S/C23H32N4O2/c28-21-9-6-19(7-10-21)8-11-22(29)26-14-12-23(13-15-26,16-27-18-24-17-25-27)20-4-2-1-3-5-20/h6-7,9-10,17-18,20,28H,1-5,8,11-16H2. The molecule has 0 bridgehead atoms. The lowest BCUT2D eigenvalue weighted by molar-refractivity contribution is -0.134. The number of aromatic nitrogens is 3. The first-order valence-corrected chi connectivity index (χ1v) is 11.0. The molecule has 6 nitrogen and oxygen atoms in total. The van der Waals surface area contributed by atoms with Crippen molar-refractivity contribution in [2.45, 2.75) is 64.3 Å². The molecule has 1 aromatic carbocycles. The van der Waals surface area contributed by atoms with E-state index in [9.17, 15) is 9.90 Å². The van der Waals surface area contributed by atoms with Crippen molar-refractivity contribution >= 4 is 5.91 Å². The van der Waals surface area contributed by atoms with E-state index >= 15 is 0 Å². The number of carbonyl (C=O) groups is 1. The van der Waals surface area contributed by atoms with Crippen LogP contribution in [0, 0.1) is 11.3 Å². The van der Waals surface area contributed by atoms with Gasteiger partial charge in [-0.3, -0.25) is 9.48 Å². The fourth-order valence-corrected chi connectivity index (χ4v) is 5.32. The fourth-order valence-electron chi connectivity index (χ4n) is 5.32. The number of phenolic OH excluding ortho intramolecular Hbond substituents is 1. The highest BCUT2D eigenvalue weighted by Gasteiger charge is 2.42. The van der Waals surface area contributed by atoms with Crippen molar-refractivity contribution in [2.24, 2.45) is 11.3 Å². The minimum Gasteiger partial charge on any atom is -0.508 e. The van der Waals surface area contributed by atoms with Crippen molar-refractivity contribution in [3.8, 4) is 5.75 Å². The third-order valence-electron chi connectivity index (χ3n) is 7.09. The van der Waals surface area contributed by atoms with Gasteiger partial charge in [-0.15, -0.1) is 0 Å². The Bertz CT molecular complexity index is 774. The predicted molar refractivity (Wildman–Crippen MR) is 111 cm³/mol.